The van der Waals surface area contributed by atoms with E-state index >= 15 is 0 Å². The average Bonchev–Trinajstić information content (AvgIpc) is 2.40. The van der Waals surface area contributed by atoms with Gasteiger partial charge in [-0.2, -0.15) is 0 Å². The Hall–Kier alpha value is -1.83. The second-order valence-corrected chi connectivity index (χ2v) is 4.03. The molecule has 0 unspecified atom stereocenters. The van der Waals surface area contributed by atoms with Crippen molar-refractivity contribution in [2.45, 2.75) is 13.3 Å². The molecule has 2 aromatic rings. The summed E-state index contributed by atoms with van der Waals surface area (Å²) in [7, 11) is 0. The number of carbonyl (C=O) groups is 1. The van der Waals surface area contributed by atoms with Crippen LogP contribution in [0.25, 0.3) is 10.8 Å². The van der Waals surface area contributed by atoms with Gasteiger partial charge in [-0.1, -0.05) is 36.4 Å². The summed E-state index contributed by atoms with van der Waals surface area (Å²) in [6.07, 6.45) is 1.56. The molecule has 0 aromatic heterocycles. The minimum atomic E-state index is 0.580. The fourth-order valence-corrected chi connectivity index (χ4v) is 2.14. The third-order valence-corrected chi connectivity index (χ3v) is 3.01. The van der Waals surface area contributed by atoms with Crippen LogP contribution >= 0.6 is 0 Å². The van der Waals surface area contributed by atoms with E-state index < -0.39 is 0 Å². The molecule has 2 rings (SSSR count). The molecule has 0 radical (unpaired) electrons. The summed E-state index contributed by atoms with van der Waals surface area (Å²) in [6, 6.07) is 14.7. The molecule has 0 N–H and O–H groups in total. The highest BCUT2D eigenvalue weighted by Crippen LogP contribution is 2.26. The van der Waals surface area contributed by atoms with Gasteiger partial charge in [0.25, 0.3) is 0 Å². The zero-order valence-electron chi connectivity index (χ0n) is 10.1. The highest BCUT2D eigenvalue weighted by atomic mass is 16.1. The number of benzene rings is 2. The number of nitrogens with zero attached hydrogens (tertiary/aromatic N) is 1. The van der Waals surface area contributed by atoms with Crippen molar-refractivity contribution in [2.75, 3.05) is 18.0 Å². The SMILES string of the molecule is CCN(CCC=O)c1cccc2ccccc12. The molecule has 0 atom stereocenters. The molecule has 88 valence electrons. The van der Waals surface area contributed by atoms with Crippen molar-refractivity contribution in [2.24, 2.45) is 0 Å². The lowest BCUT2D eigenvalue weighted by Crippen LogP contribution is -2.24. The molecular weight excluding hydrogens is 210 g/mol. The summed E-state index contributed by atoms with van der Waals surface area (Å²) in [5.74, 6) is 0. The van der Waals surface area contributed by atoms with Crippen LogP contribution in [0.4, 0.5) is 5.69 Å². The molecule has 17 heavy (non-hydrogen) atoms. The predicted octanol–water partition coefficient (Wildman–Crippen LogP) is 3.26. The number of carbonyl (C=O) groups excluding carboxylic acids is 1. The highest BCUT2D eigenvalue weighted by Gasteiger charge is 2.07. The van der Waals surface area contributed by atoms with Crippen LogP contribution in [0.2, 0.25) is 0 Å². The van der Waals surface area contributed by atoms with Crippen LogP contribution in [0, 0.1) is 0 Å². The van der Waals surface area contributed by atoms with Gasteiger partial charge in [-0.25, -0.2) is 0 Å². The van der Waals surface area contributed by atoms with E-state index in [1.807, 2.05) is 6.07 Å². The van der Waals surface area contributed by atoms with Crippen LogP contribution in [0.15, 0.2) is 42.5 Å². The van der Waals surface area contributed by atoms with E-state index in [2.05, 4.69) is 48.2 Å². The van der Waals surface area contributed by atoms with Crippen LogP contribution in [-0.2, 0) is 4.79 Å². The topological polar surface area (TPSA) is 20.3 Å². The van der Waals surface area contributed by atoms with Crippen molar-refractivity contribution in [3.05, 3.63) is 42.5 Å². The van der Waals surface area contributed by atoms with Gasteiger partial charge >= 0.3 is 0 Å². The third-order valence-electron chi connectivity index (χ3n) is 3.01. The zero-order chi connectivity index (χ0) is 12.1. The van der Waals surface area contributed by atoms with Gasteiger partial charge in [0.05, 0.1) is 0 Å². The van der Waals surface area contributed by atoms with E-state index in [9.17, 15) is 4.79 Å². The first-order chi connectivity index (χ1) is 8.36. The first kappa shape index (κ1) is 11.6. The van der Waals surface area contributed by atoms with Crippen molar-refractivity contribution in [1.82, 2.24) is 0 Å². The Kier molecular flexibility index (Phi) is 3.76. The smallest absolute Gasteiger partial charge is 0.121 e. The predicted molar refractivity (Wildman–Crippen MR) is 72.5 cm³/mol. The molecule has 0 heterocycles. The molecule has 0 aliphatic heterocycles. The molecule has 0 bridgehead atoms. The van der Waals surface area contributed by atoms with E-state index in [0.717, 1.165) is 19.4 Å². The number of hydrogen-bond acceptors (Lipinski definition) is 2. The Morgan fingerprint density at radius 3 is 2.65 bits per heavy atom. The summed E-state index contributed by atoms with van der Waals surface area (Å²) >= 11 is 0. The van der Waals surface area contributed by atoms with Crippen molar-refractivity contribution in [3.63, 3.8) is 0 Å². The van der Waals surface area contributed by atoms with Gasteiger partial charge in [0, 0.05) is 30.6 Å². The van der Waals surface area contributed by atoms with Gasteiger partial charge in [0.2, 0.25) is 0 Å². The van der Waals surface area contributed by atoms with E-state index in [1.54, 1.807) is 0 Å². The number of hydrogen-bond donors (Lipinski definition) is 0. The second kappa shape index (κ2) is 5.48. The van der Waals surface area contributed by atoms with Crippen LogP contribution in [0.3, 0.4) is 0 Å². The molecule has 0 saturated carbocycles. The number of fused-ring (bicyclic) bond motifs is 1. The van der Waals surface area contributed by atoms with Crippen LogP contribution in [0.1, 0.15) is 13.3 Å². The Bertz CT molecular complexity index is 502. The zero-order valence-corrected chi connectivity index (χ0v) is 10.1. The maximum atomic E-state index is 10.5. The molecule has 0 aliphatic rings. The molecule has 0 saturated heterocycles. The molecule has 0 fully saturated rings. The Labute approximate surface area is 102 Å². The summed E-state index contributed by atoms with van der Waals surface area (Å²) in [6.45, 7) is 3.82. The molecule has 0 spiro atoms. The molecule has 0 amide bonds. The first-order valence-corrected chi connectivity index (χ1v) is 6.03. The van der Waals surface area contributed by atoms with Crippen LogP contribution < -0.4 is 4.90 Å². The van der Waals surface area contributed by atoms with Gasteiger partial charge in [-0.15, -0.1) is 0 Å². The maximum Gasteiger partial charge on any atom is 0.121 e. The first-order valence-electron chi connectivity index (χ1n) is 6.03. The lowest BCUT2D eigenvalue weighted by atomic mass is 10.1. The van der Waals surface area contributed by atoms with Gasteiger partial charge < -0.3 is 9.69 Å². The Morgan fingerprint density at radius 1 is 1.12 bits per heavy atom. The highest BCUT2D eigenvalue weighted by molar-refractivity contribution is 5.94. The lowest BCUT2D eigenvalue weighted by molar-refractivity contribution is -0.107. The van der Waals surface area contributed by atoms with Crippen molar-refractivity contribution in [3.8, 4) is 0 Å². The minimum absolute atomic E-state index is 0.580. The van der Waals surface area contributed by atoms with E-state index in [1.165, 1.54) is 16.5 Å². The van der Waals surface area contributed by atoms with Crippen LogP contribution in [-0.4, -0.2) is 19.4 Å². The van der Waals surface area contributed by atoms with Gasteiger partial charge in [-0.05, 0) is 18.4 Å². The summed E-state index contributed by atoms with van der Waals surface area (Å²) in [5, 5.41) is 2.50. The van der Waals surface area contributed by atoms with Gasteiger partial charge in [-0.3, -0.25) is 0 Å². The Balaban J connectivity index is 2.42. The monoisotopic (exact) mass is 227 g/mol. The number of aldehydes is 1. The van der Waals surface area contributed by atoms with E-state index in [4.69, 9.17) is 0 Å². The lowest BCUT2D eigenvalue weighted by Gasteiger charge is -2.23. The fraction of sp³-hybridized carbons (Fsp3) is 0.267. The molecule has 0 aliphatic carbocycles. The fourth-order valence-electron chi connectivity index (χ4n) is 2.14. The number of rotatable bonds is 5. The summed E-state index contributed by atoms with van der Waals surface area (Å²) < 4.78 is 0. The standard InChI is InChI=1S/C15H17NO/c1-2-16(11-6-12-17)15-10-5-8-13-7-3-4-9-14(13)15/h3-5,7-10,12H,2,6,11H2,1H3. The molecular formula is C15H17NO. The van der Waals surface area contributed by atoms with Crippen LogP contribution in [0.5, 0.6) is 0 Å². The van der Waals surface area contributed by atoms with Gasteiger partial charge in [0.15, 0.2) is 0 Å². The Morgan fingerprint density at radius 2 is 1.88 bits per heavy atom. The number of anilines is 1. The van der Waals surface area contributed by atoms with Crippen molar-refractivity contribution in [1.29, 1.82) is 0 Å². The normalized spacial score (nSPS) is 10.4. The third kappa shape index (κ3) is 2.47. The second-order valence-electron chi connectivity index (χ2n) is 4.03. The van der Waals surface area contributed by atoms with E-state index in [0.29, 0.717) is 6.42 Å². The molecule has 2 heteroatoms. The molecule has 2 aromatic carbocycles. The van der Waals surface area contributed by atoms with Crippen molar-refractivity contribution >= 4 is 22.7 Å². The maximum absolute atomic E-state index is 10.5. The quantitative estimate of drug-likeness (QED) is 0.731. The van der Waals surface area contributed by atoms with Crippen molar-refractivity contribution < 1.29 is 4.79 Å². The largest absolute Gasteiger partial charge is 0.371 e. The van der Waals surface area contributed by atoms with E-state index in [-0.39, 0.29) is 0 Å². The molecule has 2 nitrogen and oxygen atoms in total. The van der Waals surface area contributed by atoms with Gasteiger partial charge in [0.1, 0.15) is 6.29 Å². The summed E-state index contributed by atoms with van der Waals surface area (Å²) in [5.41, 5.74) is 1.22. The summed E-state index contributed by atoms with van der Waals surface area (Å²) in [4.78, 5) is 12.7. The average molecular weight is 227 g/mol. The minimum Gasteiger partial charge on any atom is -0.371 e.